The topological polar surface area (TPSA) is 49.4 Å². The summed E-state index contributed by atoms with van der Waals surface area (Å²) in [6, 6.07) is 16.1. The van der Waals surface area contributed by atoms with Crippen molar-refractivity contribution in [1.29, 1.82) is 0 Å². The molecule has 0 aliphatic carbocycles. The van der Waals surface area contributed by atoms with Crippen molar-refractivity contribution in [3.63, 3.8) is 0 Å². The van der Waals surface area contributed by atoms with Crippen LogP contribution in [-0.4, -0.2) is 23.3 Å². The smallest absolute Gasteiger partial charge is 0.222 e. The highest BCUT2D eigenvalue weighted by Gasteiger charge is 2.12. The molecule has 0 heterocycles. The molecule has 2 aromatic carbocycles. The molecule has 0 fully saturated rings. The fourth-order valence-electron chi connectivity index (χ4n) is 2.71. The Kier molecular flexibility index (Phi) is 6.75. The molecule has 0 aliphatic heterocycles. The minimum Gasteiger partial charge on any atom is -0.352 e. The Morgan fingerprint density at radius 1 is 1.04 bits per heavy atom. The Morgan fingerprint density at radius 2 is 1.80 bits per heavy atom. The van der Waals surface area contributed by atoms with E-state index in [-0.39, 0.29) is 11.8 Å². The van der Waals surface area contributed by atoms with Crippen molar-refractivity contribution in [1.82, 2.24) is 10.2 Å². The molecule has 2 aromatic rings. The normalized spacial score (nSPS) is 10.4. The first-order valence-corrected chi connectivity index (χ1v) is 8.58. The van der Waals surface area contributed by atoms with Gasteiger partial charge in [-0.05, 0) is 30.5 Å². The van der Waals surface area contributed by atoms with Gasteiger partial charge in [-0.25, -0.2) is 0 Å². The standard InChI is InChI=1S/C21H26N2O2/c1-16-7-6-9-19(13-16)15-23(18(3)24)12-11-21(25)22-14-20-10-5-4-8-17(20)2/h4-10,13H,11-12,14-15H2,1-3H3,(H,22,25). The highest BCUT2D eigenvalue weighted by atomic mass is 16.2. The maximum absolute atomic E-state index is 12.1. The Hall–Kier alpha value is -2.62. The van der Waals surface area contributed by atoms with Crippen LogP contribution in [-0.2, 0) is 22.7 Å². The number of hydrogen-bond acceptors (Lipinski definition) is 2. The van der Waals surface area contributed by atoms with Gasteiger partial charge in [0.25, 0.3) is 0 Å². The molecule has 0 saturated heterocycles. The first-order valence-electron chi connectivity index (χ1n) is 8.58. The lowest BCUT2D eigenvalue weighted by Gasteiger charge is -2.21. The van der Waals surface area contributed by atoms with Gasteiger partial charge in [0.2, 0.25) is 11.8 Å². The van der Waals surface area contributed by atoms with Crippen molar-refractivity contribution < 1.29 is 9.59 Å². The second-order valence-electron chi connectivity index (χ2n) is 6.38. The van der Waals surface area contributed by atoms with Crippen molar-refractivity contribution >= 4 is 11.8 Å². The average Bonchev–Trinajstić information content (AvgIpc) is 2.57. The van der Waals surface area contributed by atoms with Gasteiger partial charge >= 0.3 is 0 Å². The van der Waals surface area contributed by atoms with Crippen LogP contribution in [0.25, 0.3) is 0 Å². The zero-order valence-electron chi connectivity index (χ0n) is 15.2. The Labute approximate surface area is 149 Å². The molecule has 0 aliphatic rings. The molecule has 25 heavy (non-hydrogen) atoms. The van der Waals surface area contributed by atoms with Crippen molar-refractivity contribution in [2.24, 2.45) is 0 Å². The van der Waals surface area contributed by atoms with Crippen molar-refractivity contribution in [2.45, 2.75) is 40.3 Å². The maximum atomic E-state index is 12.1. The lowest BCUT2D eigenvalue weighted by Crippen LogP contribution is -2.33. The number of nitrogens with zero attached hydrogens (tertiary/aromatic N) is 1. The van der Waals surface area contributed by atoms with Crippen LogP contribution in [0.4, 0.5) is 0 Å². The van der Waals surface area contributed by atoms with E-state index in [1.165, 1.54) is 0 Å². The molecule has 0 unspecified atom stereocenters. The van der Waals surface area contributed by atoms with Gasteiger partial charge in [0, 0.05) is 33.0 Å². The molecular formula is C21H26N2O2. The van der Waals surface area contributed by atoms with E-state index in [0.717, 1.165) is 22.3 Å². The number of carbonyl (C=O) groups excluding carboxylic acids is 2. The van der Waals surface area contributed by atoms with E-state index in [9.17, 15) is 9.59 Å². The van der Waals surface area contributed by atoms with Gasteiger partial charge in [0.1, 0.15) is 0 Å². The fourth-order valence-corrected chi connectivity index (χ4v) is 2.71. The first kappa shape index (κ1) is 18.7. The number of benzene rings is 2. The lowest BCUT2D eigenvalue weighted by molar-refractivity contribution is -0.130. The Bertz CT molecular complexity index is 740. The zero-order chi connectivity index (χ0) is 18.2. The second kappa shape index (κ2) is 9.02. The summed E-state index contributed by atoms with van der Waals surface area (Å²) in [5, 5.41) is 2.93. The predicted molar refractivity (Wildman–Crippen MR) is 99.9 cm³/mol. The molecule has 0 atom stereocenters. The summed E-state index contributed by atoms with van der Waals surface area (Å²) in [6.07, 6.45) is 0.303. The summed E-state index contributed by atoms with van der Waals surface area (Å²) < 4.78 is 0. The molecule has 2 amide bonds. The third-order valence-electron chi connectivity index (χ3n) is 4.25. The van der Waals surface area contributed by atoms with Gasteiger partial charge in [-0.1, -0.05) is 54.1 Å². The Morgan fingerprint density at radius 3 is 2.48 bits per heavy atom. The van der Waals surface area contributed by atoms with Crippen LogP contribution < -0.4 is 5.32 Å². The summed E-state index contributed by atoms with van der Waals surface area (Å²) in [5.41, 5.74) is 4.51. The predicted octanol–water partition coefficient (Wildman–Crippen LogP) is 3.36. The maximum Gasteiger partial charge on any atom is 0.222 e. The van der Waals surface area contributed by atoms with Crippen molar-refractivity contribution in [3.8, 4) is 0 Å². The molecule has 1 N–H and O–H groups in total. The van der Waals surface area contributed by atoms with Crippen LogP contribution in [0.3, 0.4) is 0 Å². The van der Waals surface area contributed by atoms with Crippen LogP contribution >= 0.6 is 0 Å². The highest BCUT2D eigenvalue weighted by molar-refractivity contribution is 5.78. The number of nitrogens with one attached hydrogen (secondary N) is 1. The third kappa shape index (κ3) is 6.07. The van der Waals surface area contributed by atoms with Gasteiger partial charge in [0.05, 0.1) is 0 Å². The fraction of sp³-hybridized carbons (Fsp3) is 0.333. The van der Waals surface area contributed by atoms with Gasteiger partial charge in [-0.2, -0.15) is 0 Å². The first-order chi connectivity index (χ1) is 12.0. The minimum absolute atomic E-state index is 0.0202. The third-order valence-corrected chi connectivity index (χ3v) is 4.25. The zero-order valence-corrected chi connectivity index (χ0v) is 15.2. The molecule has 0 saturated carbocycles. The Balaban J connectivity index is 1.85. The molecule has 0 aromatic heterocycles. The van der Waals surface area contributed by atoms with Crippen LogP contribution in [0.5, 0.6) is 0 Å². The van der Waals surface area contributed by atoms with E-state index in [1.807, 2.05) is 56.3 Å². The van der Waals surface area contributed by atoms with E-state index in [4.69, 9.17) is 0 Å². The molecule has 132 valence electrons. The minimum atomic E-state index is -0.0428. The summed E-state index contributed by atoms with van der Waals surface area (Å²) in [5.74, 6) is -0.0630. The molecule has 4 nitrogen and oxygen atoms in total. The van der Waals surface area contributed by atoms with E-state index in [1.54, 1.807) is 11.8 Å². The number of hydrogen-bond donors (Lipinski definition) is 1. The molecule has 0 spiro atoms. The van der Waals surface area contributed by atoms with Gasteiger partial charge in [-0.15, -0.1) is 0 Å². The molecule has 0 radical (unpaired) electrons. The summed E-state index contributed by atoms with van der Waals surface area (Å²) in [6.45, 7) is 7.07. The molecule has 0 bridgehead atoms. The van der Waals surface area contributed by atoms with Gasteiger partial charge < -0.3 is 10.2 Å². The summed E-state index contributed by atoms with van der Waals surface area (Å²) in [7, 11) is 0. The van der Waals surface area contributed by atoms with E-state index in [2.05, 4.69) is 11.4 Å². The number of amides is 2. The average molecular weight is 338 g/mol. The SMILES string of the molecule is CC(=O)N(CCC(=O)NCc1ccccc1C)Cc1cccc(C)c1. The molecule has 2 rings (SSSR count). The van der Waals surface area contributed by atoms with Gasteiger partial charge in [-0.3, -0.25) is 9.59 Å². The monoisotopic (exact) mass is 338 g/mol. The number of rotatable bonds is 7. The van der Waals surface area contributed by atoms with Crippen LogP contribution in [0.1, 0.15) is 35.6 Å². The summed E-state index contributed by atoms with van der Waals surface area (Å²) >= 11 is 0. The van der Waals surface area contributed by atoms with Crippen LogP contribution in [0.15, 0.2) is 48.5 Å². The van der Waals surface area contributed by atoms with Gasteiger partial charge in [0.15, 0.2) is 0 Å². The quantitative estimate of drug-likeness (QED) is 0.841. The number of aryl methyl sites for hydroxylation is 2. The van der Waals surface area contributed by atoms with E-state index in [0.29, 0.717) is 26.1 Å². The molecule has 4 heteroatoms. The summed E-state index contributed by atoms with van der Waals surface area (Å²) in [4.78, 5) is 25.7. The highest BCUT2D eigenvalue weighted by Crippen LogP contribution is 2.09. The second-order valence-corrected chi connectivity index (χ2v) is 6.38. The van der Waals surface area contributed by atoms with Crippen molar-refractivity contribution in [3.05, 3.63) is 70.8 Å². The molecular weight excluding hydrogens is 312 g/mol. The van der Waals surface area contributed by atoms with Crippen LogP contribution in [0.2, 0.25) is 0 Å². The number of carbonyl (C=O) groups is 2. The van der Waals surface area contributed by atoms with Crippen LogP contribution in [0, 0.1) is 13.8 Å². The van der Waals surface area contributed by atoms with Crippen molar-refractivity contribution in [2.75, 3.05) is 6.54 Å². The van der Waals surface area contributed by atoms with E-state index >= 15 is 0 Å². The largest absolute Gasteiger partial charge is 0.352 e. The van der Waals surface area contributed by atoms with E-state index < -0.39 is 0 Å². The lowest BCUT2D eigenvalue weighted by atomic mass is 10.1.